The van der Waals surface area contributed by atoms with Crippen molar-refractivity contribution in [2.24, 2.45) is 0 Å². The first-order chi connectivity index (χ1) is 9.95. The fourth-order valence-electron chi connectivity index (χ4n) is 3.63. The van der Waals surface area contributed by atoms with Gasteiger partial charge in [0.2, 0.25) is 0 Å². The molecule has 2 bridgehead atoms. The molecule has 0 saturated heterocycles. The van der Waals surface area contributed by atoms with E-state index >= 15 is 0 Å². The Labute approximate surface area is 124 Å². The second-order valence-electron chi connectivity index (χ2n) is 5.39. The van der Waals surface area contributed by atoms with E-state index in [0.717, 1.165) is 0 Å². The van der Waals surface area contributed by atoms with Gasteiger partial charge in [0.15, 0.2) is 0 Å². The first-order valence-corrected chi connectivity index (χ1v) is 11.6. The third-order valence-corrected chi connectivity index (χ3v) is 15.0. The molecule has 3 aliphatic heterocycles. The van der Waals surface area contributed by atoms with Crippen LogP contribution in [0.2, 0.25) is 0 Å². The molecule has 3 aliphatic rings. The van der Waals surface area contributed by atoms with Crippen molar-refractivity contribution in [1.29, 1.82) is 0 Å². The topological polar surface area (TPSA) is 0 Å². The van der Waals surface area contributed by atoms with Gasteiger partial charge in [0.25, 0.3) is 0 Å². The molecule has 0 nitrogen and oxygen atoms in total. The third-order valence-electron chi connectivity index (χ3n) is 4.40. The van der Waals surface area contributed by atoms with Gasteiger partial charge in [-0.25, -0.2) is 0 Å². The van der Waals surface area contributed by atoms with Crippen molar-refractivity contribution >= 4 is 51.9 Å². The molecule has 0 N–H and O–H groups in total. The average Bonchev–Trinajstić information content (AvgIpc) is 2.54. The molecule has 0 fully saturated rings. The Bertz CT molecular complexity index is 658. The van der Waals surface area contributed by atoms with Crippen LogP contribution in [0.15, 0.2) is 72.8 Å². The van der Waals surface area contributed by atoms with Crippen molar-refractivity contribution in [3.05, 3.63) is 72.8 Å². The predicted molar refractivity (Wildman–Crippen MR) is 88.6 cm³/mol. The van der Waals surface area contributed by atoms with E-state index < -0.39 is 23.1 Å². The van der Waals surface area contributed by atoms with Gasteiger partial charge in [0.05, 0.1) is 0 Å². The molecule has 0 aromatic heterocycles. The van der Waals surface area contributed by atoms with Gasteiger partial charge in [-0.3, -0.25) is 0 Å². The maximum absolute atomic E-state index is 2.40. The zero-order chi connectivity index (χ0) is 13.1. The van der Waals surface area contributed by atoms with E-state index in [2.05, 4.69) is 72.8 Å². The van der Waals surface area contributed by atoms with Crippen LogP contribution in [0, 0.1) is 0 Å². The van der Waals surface area contributed by atoms with Gasteiger partial charge in [-0.15, -0.1) is 0 Å². The zero-order valence-electron chi connectivity index (χ0n) is 10.9. The molecule has 20 heavy (non-hydrogen) atoms. The number of rotatable bonds is 0. The van der Waals surface area contributed by atoms with Crippen molar-refractivity contribution in [2.75, 3.05) is 0 Å². The van der Waals surface area contributed by atoms with Crippen LogP contribution < -0.4 is 28.7 Å². The van der Waals surface area contributed by atoms with E-state index in [9.17, 15) is 0 Å². The van der Waals surface area contributed by atoms with Gasteiger partial charge in [0, 0.05) is 0 Å². The molecule has 2 radical (unpaired) electrons. The monoisotopic (exact) mass is 330 g/mol. The van der Waals surface area contributed by atoms with Crippen molar-refractivity contribution in [3.63, 3.8) is 0 Å². The summed E-state index contributed by atoms with van der Waals surface area (Å²) in [5.74, 6) is 0. The van der Waals surface area contributed by atoms with E-state index in [1.54, 1.807) is 28.7 Å². The molecule has 0 amide bonds. The van der Waals surface area contributed by atoms with Crippen molar-refractivity contribution in [2.45, 2.75) is 0 Å². The minimum absolute atomic E-state index is 0.750. The van der Waals surface area contributed by atoms with Gasteiger partial charge < -0.3 is 0 Å². The first-order valence-electron chi connectivity index (χ1n) is 6.98. The second-order valence-corrected chi connectivity index (χ2v) is 12.7. The van der Waals surface area contributed by atoms with Gasteiger partial charge in [-0.05, 0) is 0 Å². The summed E-state index contributed by atoms with van der Waals surface area (Å²) in [6, 6.07) is 27.7. The van der Waals surface area contributed by atoms with Crippen LogP contribution in [0.3, 0.4) is 0 Å². The number of hydrogen-bond donors (Lipinski definition) is 0. The van der Waals surface area contributed by atoms with Crippen LogP contribution in [-0.4, -0.2) is 23.1 Å². The van der Waals surface area contributed by atoms with Crippen LogP contribution in [0.4, 0.5) is 0 Å². The summed E-state index contributed by atoms with van der Waals surface area (Å²) < 4.78 is 5.12. The van der Waals surface area contributed by atoms with Crippen molar-refractivity contribution < 1.29 is 0 Å². The van der Waals surface area contributed by atoms with E-state index in [-0.39, 0.29) is 0 Å². The summed E-state index contributed by atoms with van der Waals surface area (Å²) in [4.78, 5) is 0. The van der Waals surface area contributed by atoms with E-state index in [0.29, 0.717) is 0 Å². The average molecular weight is 329 g/mol. The van der Waals surface area contributed by atoms with Crippen LogP contribution >= 0.6 is 0 Å². The Balaban J connectivity index is 1.93. The quantitative estimate of drug-likeness (QED) is 0.331. The predicted octanol–water partition coefficient (Wildman–Crippen LogP) is -0.654. The van der Waals surface area contributed by atoms with Crippen LogP contribution in [-0.2, 0) is 0 Å². The molecule has 0 spiro atoms. The number of hydrogen-bond acceptors (Lipinski definition) is 0. The molecular weight excluding hydrogens is 317 g/mol. The summed E-state index contributed by atoms with van der Waals surface area (Å²) in [5, 5.41) is 5.01. The Morgan fingerprint density at radius 3 is 1.25 bits per heavy atom. The van der Waals surface area contributed by atoms with Gasteiger partial charge in [-0.1, -0.05) is 0 Å². The molecule has 3 aromatic carbocycles. The molecule has 92 valence electrons. The van der Waals surface area contributed by atoms with E-state index in [1.165, 1.54) is 0 Å². The SMILES string of the molecule is c1cc[c]2c(c1)[Si]1c3cccc[c]3[Ge]2[c]2ccccc21. The molecule has 0 saturated carbocycles. The van der Waals surface area contributed by atoms with Crippen LogP contribution in [0.25, 0.3) is 0 Å². The zero-order valence-corrected chi connectivity index (χ0v) is 14.0. The summed E-state index contributed by atoms with van der Waals surface area (Å²) in [6.45, 7) is 0. The molecule has 3 heterocycles. The Kier molecular flexibility index (Phi) is 2.20. The molecule has 0 unspecified atom stereocenters. The number of benzene rings is 3. The van der Waals surface area contributed by atoms with Gasteiger partial charge in [0.1, 0.15) is 0 Å². The summed E-state index contributed by atoms with van der Waals surface area (Å²) in [6.07, 6.45) is 0. The molecule has 3 aromatic rings. The molecule has 0 aliphatic carbocycles. The fraction of sp³-hybridized carbons (Fsp3) is 0. The Morgan fingerprint density at radius 1 is 0.500 bits per heavy atom. The standard InChI is InChI=1S/C18H12GeSi/c1-4-10-16-13(7-1)19-14-8-2-5-11-17(14)20(16)18-12-6-3-9-15(18)19/h1-12H. The van der Waals surface area contributed by atoms with Crippen LogP contribution in [0.5, 0.6) is 0 Å². The summed E-state index contributed by atoms with van der Waals surface area (Å²) in [5.41, 5.74) is 0. The fourth-order valence-corrected chi connectivity index (χ4v) is 16.4. The Morgan fingerprint density at radius 2 is 0.850 bits per heavy atom. The summed E-state index contributed by atoms with van der Waals surface area (Å²) >= 11 is -1.54. The molecule has 2 heteroatoms. The Hall–Kier alpha value is -1.58. The maximum atomic E-state index is 2.40. The first kappa shape index (κ1) is 11.1. The molecule has 6 rings (SSSR count). The normalized spacial score (nSPS) is 15.6. The van der Waals surface area contributed by atoms with Gasteiger partial charge in [-0.2, -0.15) is 0 Å². The second kappa shape index (κ2) is 3.96. The molecule has 0 atom stereocenters. The minimum atomic E-state index is -1.54. The van der Waals surface area contributed by atoms with Crippen LogP contribution in [0.1, 0.15) is 0 Å². The molecular formula is C18H12GeSi. The van der Waals surface area contributed by atoms with Gasteiger partial charge >= 0.3 is 125 Å². The van der Waals surface area contributed by atoms with E-state index in [4.69, 9.17) is 0 Å². The van der Waals surface area contributed by atoms with E-state index in [1.807, 2.05) is 0 Å². The van der Waals surface area contributed by atoms with Crippen molar-refractivity contribution in [3.8, 4) is 0 Å². The van der Waals surface area contributed by atoms with Crippen molar-refractivity contribution in [1.82, 2.24) is 0 Å². The third kappa shape index (κ3) is 1.27. The summed E-state index contributed by atoms with van der Waals surface area (Å²) in [7, 11) is -0.750.